The molecule has 1 unspecified atom stereocenters. The second-order valence-electron chi connectivity index (χ2n) is 4.89. The van der Waals surface area contributed by atoms with Crippen LogP contribution in [0.1, 0.15) is 45.0 Å². The van der Waals surface area contributed by atoms with Crippen molar-refractivity contribution in [3.05, 3.63) is 15.9 Å². The number of hydrogen-bond acceptors (Lipinski definition) is 2. The lowest BCUT2D eigenvalue weighted by Gasteiger charge is -2.19. The Morgan fingerprint density at radius 2 is 1.95 bits per heavy atom. The summed E-state index contributed by atoms with van der Waals surface area (Å²) in [6.45, 7) is 11.1. The van der Waals surface area contributed by atoms with Gasteiger partial charge in [-0.15, -0.1) is 11.6 Å². The van der Waals surface area contributed by atoms with Crippen LogP contribution >= 0.6 is 27.5 Å². The van der Waals surface area contributed by atoms with E-state index in [-0.39, 0.29) is 5.38 Å². The highest BCUT2D eigenvalue weighted by atomic mass is 79.9. The Kier molecular flexibility index (Phi) is 7.40. The molecule has 0 radical (unpaired) electrons. The van der Waals surface area contributed by atoms with E-state index < -0.39 is 0 Å². The smallest absolute Gasteiger partial charge is 0.0739 e. The maximum Gasteiger partial charge on any atom is 0.0739 e. The molecule has 1 aromatic heterocycles. The molecule has 0 fully saturated rings. The van der Waals surface area contributed by atoms with Crippen LogP contribution in [0.2, 0.25) is 0 Å². The van der Waals surface area contributed by atoms with Crippen LogP contribution in [0.25, 0.3) is 0 Å². The van der Waals surface area contributed by atoms with E-state index in [0.29, 0.717) is 5.92 Å². The molecular weight excluding hydrogens is 326 g/mol. The summed E-state index contributed by atoms with van der Waals surface area (Å²) in [5.74, 6) is 0.593. The number of hydrogen-bond donors (Lipinski definition) is 1. The Labute approximate surface area is 130 Å². The number of nitrogens with one attached hydrogen (secondary N) is 1. The fourth-order valence-corrected chi connectivity index (χ4v) is 3.22. The first-order valence-corrected chi connectivity index (χ1v) is 8.34. The van der Waals surface area contributed by atoms with E-state index in [1.807, 2.05) is 11.6 Å². The van der Waals surface area contributed by atoms with E-state index in [2.05, 4.69) is 47.1 Å². The summed E-state index contributed by atoms with van der Waals surface area (Å²) in [6, 6.07) is 0. The lowest BCUT2D eigenvalue weighted by atomic mass is 9.99. The summed E-state index contributed by atoms with van der Waals surface area (Å²) in [4.78, 5) is 0. The van der Waals surface area contributed by atoms with Gasteiger partial charge in [-0.2, -0.15) is 5.10 Å². The van der Waals surface area contributed by atoms with Crippen LogP contribution < -0.4 is 5.32 Å². The van der Waals surface area contributed by atoms with Gasteiger partial charge in [0.15, 0.2) is 0 Å². The summed E-state index contributed by atoms with van der Waals surface area (Å²) in [5, 5.41) is 8.15. The zero-order chi connectivity index (χ0) is 14.4. The minimum atomic E-state index is 0.202. The second kappa shape index (κ2) is 8.28. The summed E-state index contributed by atoms with van der Waals surface area (Å²) < 4.78 is 3.14. The van der Waals surface area contributed by atoms with Gasteiger partial charge in [0, 0.05) is 25.0 Å². The second-order valence-corrected chi connectivity index (χ2v) is 6.24. The standard InChI is InChI=1S/C14H25BrClN3/c1-5-11(6-2)12(16)8-17-9-13-14(15)10(4)18-19(13)7-3/h11-12,17H,5-9H2,1-4H3. The lowest BCUT2D eigenvalue weighted by molar-refractivity contribution is 0.442. The first-order chi connectivity index (χ1) is 9.04. The molecule has 19 heavy (non-hydrogen) atoms. The number of alkyl halides is 1. The van der Waals surface area contributed by atoms with E-state index in [9.17, 15) is 0 Å². The molecule has 0 aliphatic carbocycles. The molecule has 1 rings (SSSR count). The minimum absolute atomic E-state index is 0.202. The molecule has 0 saturated heterocycles. The minimum Gasteiger partial charge on any atom is -0.310 e. The van der Waals surface area contributed by atoms with Crippen molar-refractivity contribution < 1.29 is 0 Å². The molecule has 0 aromatic carbocycles. The van der Waals surface area contributed by atoms with Crippen LogP contribution in [-0.2, 0) is 13.1 Å². The molecule has 1 atom stereocenters. The molecule has 0 bridgehead atoms. The monoisotopic (exact) mass is 349 g/mol. The van der Waals surface area contributed by atoms with Gasteiger partial charge in [-0.25, -0.2) is 0 Å². The Balaban J connectivity index is 2.53. The average Bonchev–Trinajstić information content (AvgIpc) is 2.67. The van der Waals surface area contributed by atoms with Crippen LogP contribution in [0, 0.1) is 12.8 Å². The molecule has 0 spiro atoms. The van der Waals surface area contributed by atoms with Gasteiger partial charge in [0.2, 0.25) is 0 Å². The van der Waals surface area contributed by atoms with E-state index >= 15 is 0 Å². The topological polar surface area (TPSA) is 29.9 Å². The van der Waals surface area contributed by atoms with Gasteiger partial charge in [0.05, 0.1) is 15.9 Å². The number of aromatic nitrogens is 2. The maximum atomic E-state index is 6.44. The maximum absolute atomic E-state index is 6.44. The first kappa shape index (κ1) is 17.0. The molecular formula is C14H25BrClN3. The molecule has 110 valence electrons. The fourth-order valence-electron chi connectivity index (χ4n) is 2.33. The van der Waals surface area contributed by atoms with Gasteiger partial charge < -0.3 is 5.32 Å². The highest BCUT2D eigenvalue weighted by Crippen LogP contribution is 2.21. The predicted octanol–water partition coefficient (Wildman–Crippen LogP) is 4.11. The molecule has 3 nitrogen and oxygen atoms in total. The SMILES string of the molecule is CCC(CC)C(Cl)CNCc1c(Br)c(C)nn1CC. The van der Waals surface area contributed by atoms with E-state index in [1.165, 1.54) is 5.69 Å². The van der Waals surface area contributed by atoms with Gasteiger partial charge >= 0.3 is 0 Å². The first-order valence-electron chi connectivity index (χ1n) is 7.11. The average molecular weight is 351 g/mol. The fraction of sp³-hybridized carbons (Fsp3) is 0.786. The largest absolute Gasteiger partial charge is 0.310 e. The van der Waals surface area contributed by atoms with Crippen molar-refractivity contribution in [3.63, 3.8) is 0 Å². The highest BCUT2D eigenvalue weighted by molar-refractivity contribution is 9.10. The summed E-state index contributed by atoms with van der Waals surface area (Å²) in [6.07, 6.45) is 2.28. The number of nitrogens with zero attached hydrogens (tertiary/aromatic N) is 2. The van der Waals surface area contributed by atoms with E-state index in [4.69, 9.17) is 11.6 Å². The molecule has 1 heterocycles. The third-order valence-corrected chi connectivity index (χ3v) is 5.19. The summed E-state index contributed by atoms with van der Waals surface area (Å²) in [7, 11) is 0. The van der Waals surface area contributed by atoms with Gasteiger partial charge in [-0.05, 0) is 35.7 Å². The zero-order valence-corrected chi connectivity index (χ0v) is 14.7. The molecule has 1 N–H and O–H groups in total. The summed E-state index contributed by atoms with van der Waals surface area (Å²) >= 11 is 10.0. The van der Waals surface area contributed by atoms with Crippen LogP contribution in [0.5, 0.6) is 0 Å². The Morgan fingerprint density at radius 3 is 2.47 bits per heavy atom. The van der Waals surface area contributed by atoms with Crippen molar-refractivity contribution in [1.82, 2.24) is 15.1 Å². The molecule has 5 heteroatoms. The van der Waals surface area contributed by atoms with Crippen LogP contribution in [0.3, 0.4) is 0 Å². The third kappa shape index (κ3) is 4.47. The molecule has 1 aromatic rings. The third-order valence-electron chi connectivity index (χ3n) is 3.64. The summed E-state index contributed by atoms with van der Waals surface area (Å²) in [5.41, 5.74) is 2.24. The van der Waals surface area contributed by atoms with Crippen molar-refractivity contribution in [2.75, 3.05) is 6.54 Å². The molecule has 0 aliphatic rings. The van der Waals surface area contributed by atoms with Crippen LogP contribution in [0.4, 0.5) is 0 Å². The van der Waals surface area contributed by atoms with Crippen LogP contribution in [0.15, 0.2) is 4.47 Å². The van der Waals surface area contributed by atoms with Gasteiger partial charge in [0.25, 0.3) is 0 Å². The molecule has 0 saturated carbocycles. The lowest BCUT2D eigenvalue weighted by Crippen LogP contribution is -2.29. The van der Waals surface area contributed by atoms with Gasteiger partial charge in [-0.1, -0.05) is 26.7 Å². The van der Waals surface area contributed by atoms with Crippen molar-refractivity contribution in [2.24, 2.45) is 5.92 Å². The van der Waals surface area contributed by atoms with Crippen molar-refractivity contribution in [1.29, 1.82) is 0 Å². The molecule has 0 aliphatic heterocycles. The van der Waals surface area contributed by atoms with E-state index in [0.717, 1.165) is 42.6 Å². The van der Waals surface area contributed by atoms with Crippen molar-refractivity contribution >= 4 is 27.5 Å². The van der Waals surface area contributed by atoms with Crippen LogP contribution in [-0.4, -0.2) is 21.7 Å². The number of rotatable bonds is 8. The predicted molar refractivity (Wildman–Crippen MR) is 85.8 cm³/mol. The normalized spacial score (nSPS) is 13.2. The van der Waals surface area contributed by atoms with Crippen molar-refractivity contribution in [3.8, 4) is 0 Å². The Bertz CT molecular complexity index is 388. The highest BCUT2D eigenvalue weighted by Gasteiger charge is 2.16. The Morgan fingerprint density at radius 1 is 1.32 bits per heavy atom. The van der Waals surface area contributed by atoms with Gasteiger partial charge in [-0.3, -0.25) is 4.68 Å². The number of aryl methyl sites for hydroxylation is 2. The van der Waals surface area contributed by atoms with E-state index in [1.54, 1.807) is 0 Å². The Hall–Kier alpha value is -0.0600. The van der Waals surface area contributed by atoms with Crippen molar-refractivity contribution in [2.45, 2.75) is 59.0 Å². The van der Waals surface area contributed by atoms with Gasteiger partial charge in [0.1, 0.15) is 0 Å². The quantitative estimate of drug-likeness (QED) is 0.715. The number of halogens is 2. The molecule has 0 amide bonds. The zero-order valence-electron chi connectivity index (χ0n) is 12.3.